The summed E-state index contributed by atoms with van der Waals surface area (Å²) in [5, 5.41) is 13.4. The summed E-state index contributed by atoms with van der Waals surface area (Å²) in [7, 11) is 0. The summed E-state index contributed by atoms with van der Waals surface area (Å²) in [4.78, 5) is 0. The molecule has 110 valence electrons. The first-order valence-electron chi connectivity index (χ1n) is 6.32. The van der Waals surface area contributed by atoms with Crippen LogP contribution in [0.15, 0.2) is 48.5 Å². The topological polar surface area (TPSA) is 35.8 Å². The van der Waals surface area contributed by atoms with E-state index in [1.54, 1.807) is 12.1 Å². The van der Waals surface area contributed by atoms with Gasteiger partial charge in [-0.15, -0.1) is 12.4 Å². The molecule has 2 nitrogen and oxygen atoms in total. The monoisotopic (exact) mass is 340 g/mol. The second-order valence-corrected chi connectivity index (χ2v) is 5.24. The van der Waals surface area contributed by atoms with Crippen molar-refractivity contribution in [3.8, 4) is 6.07 Å². The second kappa shape index (κ2) is 8.92. The Labute approximate surface area is 141 Å². The lowest BCUT2D eigenvalue weighted by molar-refractivity contribution is 0.629. The predicted octanol–water partition coefficient (Wildman–Crippen LogP) is 4.81. The molecule has 0 bridgehead atoms. The summed E-state index contributed by atoms with van der Waals surface area (Å²) in [6, 6.07) is 17.3. The van der Waals surface area contributed by atoms with Crippen LogP contribution in [0.3, 0.4) is 0 Å². The van der Waals surface area contributed by atoms with E-state index in [0.717, 1.165) is 18.5 Å². The van der Waals surface area contributed by atoms with Crippen LogP contribution in [0, 0.1) is 11.3 Å². The van der Waals surface area contributed by atoms with Crippen LogP contribution in [0.4, 0.5) is 0 Å². The fourth-order valence-corrected chi connectivity index (χ4v) is 2.24. The van der Waals surface area contributed by atoms with Crippen molar-refractivity contribution < 1.29 is 0 Å². The molecule has 1 N–H and O–H groups in total. The molecular weight excluding hydrogens is 327 g/mol. The van der Waals surface area contributed by atoms with Gasteiger partial charge in [0, 0.05) is 6.54 Å². The van der Waals surface area contributed by atoms with Gasteiger partial charge >= 0.3 is 0 Å². The van der Waals surface area contributed by atoms with Crippen LogP contribution < -0.4 is 5.32 Å². The first-order valence-corrected chi connectivity index (χ1v) is 7.08. The zero-order valence-electron chi connectivity index (χ0n) is 11.2. The number of hydrogen-bond donors (Lipinski definition) is 1. The van der Waals surface area contributed by atoms with E-state index >= 15 is 0 Å². The Kier molecular flexibility index (Phi) is 7.56. The maximum atomic E-state index is 9.25. The Morgan fingerprint density at radius 3 is 2.38 bits per heavy atom. The highest BCUT2D eigenvalue weighted by molar-refractivity contribution is 6.42. The zero-order chi connectivity index (χ0) is 14.4. The Hall–Kier alpha value is -1.24. The smallest absolute Gasteiger partial charge is 0.121 e. The Morgan fingerprint density at radius 2 is 1.76 bits per heavy atom. The van der Waals surface area contributed by atoms with E-state index in [9.17, 15) is 5.26 Å². The van der Waals surface area contributed by atoms with Gasteiger partial charge in [-0.1, -0.05) is 59.6 Å². The molecule has 5 heteroatoms. The van der Waals surface area contributed by atoms with E-state index in [4.69, 9.17) is 23.2 Å². The Morgan fingerprint density at radius 1 is 1.05 bits per heavy atom. The minimum absolute atomic E-state index is 0. The van der Waals surface area contributed by atoms with E-state index in [1.807, 2.05) is 24.3 Å². The largest absolute Gasteiger partial charge is 0.298 e. The van der Waals surface area contributed by atoms with Crippen LogP contribution in [-0.2, 0) is 6.42 Å². The van der Waals surface area contributed by atoms with Crippen molar-refractivity contribution in [1.82, 2.24) is 5.32 Å². The van der Waals surface area contributed by atoms with E-state index in [2.05, 4.69) is 23.5 Å². The number of nitrogens with one attached hydrogen (secondary N) is 1. The molecule has 0 saturated carbocycles. The number of halogens is 3. The van der Waals surface area contributed by atoms with E-state index in [-0.39, 0.29) is 18.4 Å². The summed E-state index contributed by atoms with van der Waals surface area (Å²) in [6.07, 6.45) is 0.875. The van der Waals surface area contributed by atoms with Gasteiger partial charge < -0.3 is 0 Å². The minimum atomic E-state index is -0.381. The predicted molar refractivity (Wildman–Crippen MR) is 90.2 cm³/mol. The molecule has 21 heavy (non-hydrogen) atoms. The Balaban J connectivity index is 0.00000220. The van der Waals surface area contributed by atoms with Crippen LogP contribution in [0.2, 0.25) is 10.0 Å². The maximum absolute atomic E-state index is 9.25. The zero-order valence-corrected chi connectivity index (χ0v) is 13.6. The van der Waals surface area contributed by atoms with Crippen molar-refractivity contribution >= 4 is 35.6 Å². The Bertz CT molecular complexity index is 609. The van der Waals surface area contributed by atoms with Crippen LogP contribution in [0.5, 0.6) is 0 Å². The summed E-state index contributed by atoms with van der Waals surface area (Å²) in [6.45, 7) is 0.725. The third-order valence-electron chi connectivity index (χ3n) is 3.01. The molecule has 0 radical (unpaired) electrons. The number of rotatable bonds is 5. The van der Waals surface area contributed by atoms with Crippen LogP contribution in [0.1, 0.15) is 17.2 Å². The first kappa shape index (κ1) is 17.8. The van der Waals surface area contributed by atoms with Gasteiger partial charge in [-0.2, -0.15) is 5.26 Å². The van der Waals surface area contributed by atoms with Crippen molar-refractivity contribution in [3.05, 3.63) is 69.7 Å². The van der Waals surface area contributed by atoms with Crippen molar-refractivity contribution in [2.75, 3.05) is 6.54 Å². The lowest BCUT2D eigenvalue weighted by Gasteiger charge is -2.12. The van der Waals surface area contributed by atoms with E-state index in [1.165, 1.54) is 5.56 Å². The lowest BCUT2D eigenvalue weighted by atomic mass is 10.1. The fraction of sp³-hybridized carbons (Fsp3) is 0.188. The number of hydrogen-bond acceptors (Lipinski definition) is 2. The molecule has 0 saturated heterocycles. The standard InChI is InChI=1S/C16H14Cl2N2.ClH/c17-14-7-6-13(10-15(14)18)16(11-19)20-9-8-12-4-2-1-3-5-12;/h1-7,10,16,20H,8-9H2;1H. The third kappa shape index (κ3) is 5.22. The fourth-order valence-electron chi connectivity index (χ4n) is 1.94. The highest BCUT2D eigenvalue weighted by atomic mass is 35.5. The maximum Gasteiger partial charge on any atom is 0.121 e. The molecule has 0 aromatic heterocycles. The number of benzene rings is 2. The molecule has 0 aliphatic carbocycles. The third-order valence-corrected chi connectivity index (χ3v) is 3.75. The quantitative estimate of drug-likeness (QED) is 0.847. The molecule has 0 spiro atoms. The molecule has 0 amide bonds. The molecule has 0 fully saturated rings. The van der Waals surface area contributed by atoms with Gasteiger partial charge in [-0.05, 0) is 29.7 Å². The molecule has 1 atom stereocenters. The second-order valence-electron chi connectivity index (χ2n) is 4.43. The highest BCUT2D eigenvalue weighted by Gasteiger charge is 2.11. The molecule has 2 aromatic carbocycles. The molecule has 2 rings (SSSR count). The van der Waals surface area contributed by atoms with E-state index in [0.29, 0.717) is 10.0 Å². The van der Waals surface area contributed by atoms with Gasteiger partial charge in [-0.25, -0.2) is 0 Å². The lowest BCUT2D eigenvalue weighted by Crippen LogP contribution is -2.22. The van der Waals surface area contributed by atoms with E-state index < -0.39 is 0 Å². The van der Waals surface area contributed by atoms with Crippen LogP contribution >= 0.6 is 35.6 Å². The highest BCUT2D eigenvalue weighted by Crippen LogP contribution is 2.25. The SMILES string of the molecule is Cl.N#CC(NCCc1ccccc1)c1ccc(Cl)c(Cl)c1. The van der Waals surface area contributed by atoms with Gasteiger partial charge in [0.2, 0.25) is 0 Å². The van der Waals surface area contributed by atoms with Crippen molar-refractivity contribution in [1.29, 1.82) is 5.26 Å². The van der Waals surface area contributed by atoms with Crippen LogP contribution in [0.25, 0.3) is 0 Å². The molecular formula is C16H15Cl3N2. The summed E-state index contributed by atoms with van der Waals surface area (Å²) >= 11 is 11.9. The van der Waals surface area contributed by atoms with Gasteiger partial charge in [0.1, 0.15) is 6.04 Å². The molecule has 0 aliphatic rings. The van der Waals surface area contributed by atoms with Gasteiger partial charge in [0.05, 0.1) is 16.1 Å². The number of nitriles is 1. The summed E-state index contributed by atoms with van der Waals surface area (Å²) in [5.41, 5.74) is 2.07. The molecule has 2 aromatic rings. The van der Waals surface area contributed by atoms with Crippen molar-refractivity contribution in [3.63, 3.8) is 0 Å². The normalized spacial score (nSPS) is 11.3. The average Bonchev–Trinajstić information content (AvgIpc) is 2.48. The summed E-state index contributed by atoms with van der Waals surface area (Å²) in [5.74, 6) is 0. The molecule has 1 unspecified atom stereocenters. The number of nitrogens with zero attached hydrogens (tertiary/aromatic N) is 1. The van der Waals surface area contributed by atoms with Gasteiger partial charge in [0.15, 0.2) is 0 Å². The van der Waals surface area contributed by atoms with Gasteiger partial charge in [-0.3, -0.25) is 5.32 Å². The first-order chi connectivity index (χ1) is 9.70. The molecule has 0 heterocycles. The van der Waals surface area contributed by atoms with Crippen molar-refractivity contribution in [2.24, 2.45) is 0 Å². The summed E-state index contributed by atoms with van der Waals surface area (Å²) < 4.78 is 0. The van der Waals surface area contributed by atoms with Crippen LogP contribution in [-0.4, -0.2) is 6.54 Å². The van der Waals surface area contributed by atoms with Crippen molar-refractivity contribution in [2.45, 2.75) is 12.5 Å². The molecule has 0 aliphatic heterocycles. The van der Waals surface area contributed by atoms with Gasteiger partial charge in [0.25, 0.3) is 0 Å². The average molecular weight is 342 g/mol. The minimum Gasteiger partial charge on any atom is -0.298 e.